The number of benzene rings is 2. The molecule has 4 nitrogen and oxygen atoms in total. The highest BCUT2D eigenvalue weighted by Gasteiger charge is 2.31. The minimum absolute atomic E-state index is 0.00466. The lowest BCUT2D eigenvalue weighted by atomic mass is 10.0. The van der Waals surface area contributed by atoms with Crippen LogP contribution in [-0.2, 0) is 16.1 Å². The van der Waals surface area contributed by atoms with Crippen molar-refractivity contribution in [2.75, 3.05) is 6.54 Å². The van der Waals surface area contributed by atoms with E-state index in [4.69, 9.17) is 0 Å². The molecule has 1 saturated heterocycles. The molecule has 0 radical (unpaired) electrons. The fraction of sp³-hybridized carbons (Fsp3) is 0.294. The number of carbonyl (C=O) groups is 2. The Morgan fingerprint density at radius 1 is 1.14 bits per heavy atom. The number of hydrogen-bond donors (Lipinski definition) is 1. The fourth-order valence-corrected chi connectivity index (χ4v) is 2.82. The van der Waals surface area contributed by atoms with Gasteiger partial charge in [-0.1, -0.05) is 49.4 Å². The van der Waals surface area contributed by atoms with Crippen molar-refractivity contribution < 1.29 is 9.59 Å². The molecule has 1 atom stereocenters. The van der Waals surface area contributed by atoms with E-state index in [0.717, 1.165) is 16.3 Å². The Morgan fingerprint density at radius 2 is 1.90 bits per heavy atom. The second kappa shape index (κ2) is 5.56. The third kappa shape index (κ3) is 2.61. The molecule has 21 heavy (non-hydrogen) atoms. The third-order valence-electron chi connectivity index (χ3n) is 3.93. The Morgan fingerprint density at radius 3 is 2.71 bits per heavy atom. The normalized spacial score (nSPS) is 18.9. The lowest BCUT2D eigenvalue weighted by Gasteiger charge is -2.32. The molecule has 108 valence electrons. The quantitative estimate of drug-likeness (QED) is 0.937. The lowest BCUT2D eigenvalue weighted by molar-refractivity contribution is -0.144. The molecule has 2 aromatic rings. The summed E-state index contributed by atoms with van der Waals surface area (Å²) in [4.78, 5) is 25.7. The van der Waals surface area contributed by atoms with Crippen LogP contribution in [0.4, 0.5) is 0 Å². The van der Waals surface area contributed by atoms with Gasteiger partial charge < -0.3 is 10.2 Å². The molecule has 1 heterocycles. The average Bonchev–Trinajstić information content (AvgIpc) is 2.51. The highest BCUT2D eigenvalue weighted by molar-refractivity contribution is 5.95. The Hall–Kier alpha value is -2.36. The van der Waals surface area contributed by atoms with E-state index in [1.807, 2.05) is 31.2 Å². The zero-order valence-electron chi connectivity index (χ0n) is 12.0. The maximum absolute atomic E-state index is 12.4. The van der Waals surface area contributed by atoms with Crippen LogP contribution in [0.15, 0.2) is 42.5 Å². The molecule has 1 unspecified atom stereocenters. The number of hydrogen-bond acceptors (Lipinski definition) is 2. The van der Waals surface area contributed by atoms with Gasteiger partial charge >= 0.3 is 0 Å². The van der Waals surface area contributed by atoms with Crippen LogP contribution in [0.5, 0.6) is 0 Å². The first-order valence-corrected chi connectivity index (χ1v) is 7.24. The first-order valence-electron chi connectivity index (χ1n) is 7.24. The van der Waals surface area contributed by atoms with Crippen LogP contribution in [0.25, 0.3) is 10.8 Å². The topological polar surface area (TPSA) is 49.4 Å². The van der Waals surface area contributed by atoms with E-state index in [-0.39, 0.29) is 24.4 Å². The van der Waals surface area contributed by atoms with Gasteiger partial charge in [0.2, 0.25) is 11.8 Å². The van der Waals surface area contributed by atoms with Crippen LogP contribution < -0.4 is 5.32 Å². The van der Waals surface area contributed by atoms with Crippen LogP contribution in [0.3, 0.4) is 0 Å². The van der Waals surface area contributed by atoms with Gasteiger partial charge in [0.1, 0.15) is 6.04 Å². The highest BCUT2D eigenvalue weighted by atomic mass is 16.2. The van der Waals surface area contributed by atoms with Crippen molar-refractivity contribution in [1.29, 1.82) is 0 Å². The first kappa shape index (κ1) is 13.6. The van der Waals surface area contributed by atoms with Crippen molar-refractivity contribution in [3.05, 3.63) is 48.0 Å². The third-order valence-corrected chi connectivity index (χ3v) is 3.93. The second-order valence-corrected chi connectivity index (χ2v) is 5.36. The van der Waals surface area contributed by atoms with Crippen LogP contribution in [0.2, 0.25) is 0 Å². The summed E-state index contributed by atoms with van der Waals surface area (Å²) in [6.45, 7) is 2.52. The molecular formula is C17H18N2O2. The number of nitrogens with one attached hydrogen (secondary N) is 1. The summed E-state index contributed by atoms with van der Waals surface area (Å²) in [6, 6.07) is 13.8. The number of amides is 2. The number of piperazine rings is 1. The van der Waals surface area contributed by atoms with Gasteiger partial charge in [-0.05, 0) is 22.8 Å². The molecular weight excluding hydrogens is 264 g/mol. The lowest BCUT2D eigenvalue weighted by Crippen LogP contribution is -2.57. The van der Waals surface area contributed by atoms with Crippen LogP contribution in [0, 0.1) is 0 Å². The minimum Gasteiger partial charge on any atom is -0.343 e. The molecule has 1 N–H and O–H groups in total. The molecule has 0 aliphatic carbocycles. The number of carbonyl (C=O) groups excluding carboxylic acids is 2. The van der Waals surface area contributed by atoms with Gasteiger partial charge in [-0.2, -0.15) is 0 Å². The van der Waals surface area contributed by atoms with Crippen molar-refractivity contribution in [1.82, 2.24) is 10.2 Å². The predicted molar refractivity (Wildman–Crippen MR) is 81.6 cm³/mol. The van der Waals surface area contributed by atoms with Crippen molar-refractivity contribution in [3.8, 4) is 0 Å². The summed E-state index contributed by atoms with van der Waals surface area (Å²) >= 11 is 0. The Kier molecular flexibility index (Phi) is 3.60. The van der Waals surface area contributed by atoms with Crippen LogP contribution >= 0.6 is 0 Å². The monoisotopic (exact) mass is 282 g/mol. The van der Waals surface area contributed by atoms with Crippen LogP contribution in [-0.4, -0.2) is 29.3 Å². The van der Waals surface area contributed by atoms with Crippen molar-refractivity contribution in [2.24, 2.45) is 0 Å². The van der Waals surface area contributed by atoms with Gasteiger partial charge in [-0.3, -0.25) is 9.59 Å². The molecule has 2 aromatic carbocycles. The van der Waals surface area contributed by atoms with Crippen molar-refractivity contribution >= 4 is 22.6 Å². The van der Waals surface area contributed by atoms with E-state index in [2.05, 4.69) is 23.5 Å². The molecule has 2 amide bonds. The largest absolute Gasteiger partial charge is 0.343 e. The van der Waals surface area contributed by atoms with Gasteiger partial charge in [-0.25, -0.2) is 0 Å². The maximum Gasteiger partial charge on any atom is 0.245 e. The summed E-state index contributed by atoms with van der Waals surface area (Å²) in [5.74, 6) is -0.0771. The molecule has 1 aliphatic rings. The van der Waals surface area contributed by atoms with Gasteiger partial charge in [0.05, 0.1) is 6.54 Å². The summed E-state index contributed by atoms with van der Waals surface area (Å²) in [7, 11) is 0. The minimum atomic E-state index is -0.388. The second-order valence-electron chi connectivity index (χ2n) is 5.36. The molecule has 0 bridgehead atoms. The van der Waals surface area contributed by atoms with E-state index < -0.39 is 0 Å². The maximum atomic E-state index is 12.4. The molecule has 0 aromatic heterocycles. The van der Waals surface area contributed by atoms with Crippen molar-refractivity contribution in [2.45, 2.75) is 25.9 Å². The summed E-state index contributed by atoms with van der Waals surface area (Å²) in [5, 5.41) is 5.02. The van der Waals surface area contributed by atoms with Gasteiger partial charge in [-0.15, -0.1) is 0 Å². The summed E-state index contributed by atoms with van der Waals surface area (Å²) in [5.41, 5.74) is 1.08. The van der Waals surface area contributed by atoms with E-state index in [9.17, 15) is 9.59 Å². The fourth-order valence-electron chi connectivity index (χ4n) is 2.82. The zero-order chi connectivity index (χ0) is 14.8. The van der Waals surface area contributed by atoms with Gasteiger partial charge in [0.15, 0.2) is 0 Å². The number of fused-ring (bicyclic) bond motifs is 1. The first-order chi connectivity index (χ1) is 10.2. The van der Waals surface area contributed by atoms with E-state index >= 15 is 0 Å². The Bertz CT molecular complexity index is 691. The molecule has 1 fully saturated rings. The predicted octanol–water partition coefficient (Wildman–Crippen LogP) is 2.08. The van der Waals surface area contributed by atoms with E-state index in [1.165, 1.54) is 0 Å². The van der Waals surface area contributed by atoms with Crippen molar-refractivity contribution in [3.63, 3.8) is 0 Å². The Labute approximate surface area is 123 Å². The van der Waals surface area contributed by atoms with E-state index in [1.54, 1.807) is 4.90 Å². The Balaban J connectivity index is 1.91. The molecule has 1 aliphatic heterocycles. The highest BCUT2D eigenvalue weighted by Crippen LogP contribution is 2.21. The zero-order valence-corrected chi connectivity index (χ0v) is 12.0. The molecule has 4 heteroatoms. The molecule has 3 rings (SSSR count). The number of nitrogens with zero attached hydrogens (tertiary/aromatic N) is 1. The van der Waals surface area contributed by atoms with Gasteiger partial charge in [0.25, 0.3) is 0 Å². The smallest absolute Gasteiger partial charge is 0.245 e. The molecule has 0 saturated carbocycles. The van der Waals surface area contributed by atoms with Gasteiger partial charge in [0, 0.05) is 6.54 Å². The number of rotatable bonds is 3. The molecule has 0 spiro atoms. The van der Waals surface area contributed by atoms with Crippen LogP contribution in [0.1, 0.15) is 18.9 Å². The SMILES string of the molecule is CCC1NC(=O)CN(Cc2cccc3ccccc23)C1=O. The summed E-state index contributed by atoms with van der Waals surface area (Å²) < 4.78 is 0. The van der Waals surface area contributed by atoms with E-state index in [0.29, 0.717) is 13.0 Å². The average molecular weight is 282 g/mol. The summed E-state index contributed by atoms with van der Waals surface area (Å²) in [6.07, 6.45) is 0.622. The standard InChI is InChI=1S/C17H18N2O2/c1-2-15-17(21)19(11-16(20)18-15)10-13-8-5-7-12-6-3-4-9-14(12)13/h3-9,15H,2,10-11H2,1H3,(H,18,20).